The molecule has 0 unspecified atom stereocenters. The lowest BCUT2D eigenvalue weighted by Gasteiger charge is -2.09. The number of ketones is 1. The Morgan fingerprint density at radius 3 is 2.55 bits per heavy atom. The first kappa shape index (κ1) is 22.2. The third-order valence-electron chi connectivity index (χ3n) is 5.51. The van der Waals surface area contributed by atoms with E-state index in [2.05, 4.69) is 20.5 Å². The predicted molar refractivity (Wildman–Crippen MR) is 131 cm³/mol. The van der Waals surface area contributed by atoms with Gasteiger partial charge in [-0.3, -0.25) is 14.9 Å². The Bertz CT molecular complexity index is 1460. The molecule has 0 atom stereocenters. The minimum Gasteiger partial charge on any atom is -0.340 e. The molecular weight excluding hydrogens is 482 g/mol. The van der Waals surface area contributed by atoms with Crippen LogP contribution in [0.3, 0.4) is 0 Å². The van der Waals surface area contributed by atoms with E-state index >= 15 is 0 Å². The van der Waals surface area contributed by atoms with Crippen molar-refractivity contribution in [2.75, 3.05) is 0 Å². The summed E-state index contributed by atoms with van der Waals surface area (Å²) in [5, 5.41) is 21.7. The molecule has 6 nitrogen and oxygen atoms in total. The Kier molecular flexibility index (Phi) is 6.20. The van der Waals surface area contributed by atoms with Crippen molar-refractivity contribution in [1.82, 2.24) is 4.57 Å². The normalized spacial score (nSPS) is 11.4. The van der Waals surface area contributed by atoms with Gasteiger partial charge >= 0.3 is 0 Å². The van der Waals surface area contributed by atoms with Crippen molar-refractivity contribution in [2.45, 2.75) is 13.5 Å². The molecule has 0 aliphatic heterocycles. The molecule has 0 bridgehead atoms. The molecule has 4 rings (SSSR count). The summed E-state index contributed by atoms with van der Waals surface area (Å²) in [7, 11) is 0. The van der Waals surface area contributed by atoms with E-state index in [9.17, 15) is 20.2 Å². The van der Waals surface area contributed by atoms with Gasteiger partial charge in [0.1, 0.15) is 11.6 Å². The van der Waals surface area contributed by atoms with Crippen LogP contribution in [0, 0.1) is 28.4 Å². The molecule has 0 saturated carbocycles. The van der Waals surface area contributed by atoms with Gasteiger partial charge in [-0.25, -0.2) is 0 Å². The van der Waals surface area contributed by atoms with Crippen molar-refractivity contribution < 1.29 is 9.72 Å². The average molecular weight is 500 g/mol. The van der Waals surface area contributed by atoms with E-state index in [1.807, 2.05) is 61.5 Å². The van der Waals surface area contributed by atoms with Gasteiger partial charge in [-0.05, 0) is 36.8 Å². The van der Waals surface area contributed by atoms with E-state index in [-0.39, 0.29) is 16.8 Å². The summed E-state index contributed by atoms with van der Waals surface area (Å²) < 4.78 is 3.15. The Labute approximate surface area is 198 Å². The molecule has 0 spiro atoms. The third-order valence-corrected chi connectivity index (χ3v) is 6.04. The molecule has 0 aliphatic carbocycles. The maximum absolute atomic E-state index is 13.0. The van der Waals surface area contributed by atoms with Gasteiger partial charge in [0.25, 0.3) is 5.69 Å². The fourth-order valence-corrected chi connectivity index (χ4v) is 4.09. The van der Waals surface area contributed by atoms with Crippen LogP contribution < -0.4 is 0 Å². The lowest BCUT2D eigenvalue weighted by atomic mass is 10.0. The highest BCUT2D eigenvalue weighted by atomic mass is 79.9. The molecule has 1 aromatic heterocycles. The number of nitriles is 1. The van der Waals surface area contributed by atoms with E-state index in [4.69, 9.17) is 0 Å². The molecule has 0 aliphatic rings. The second kappa shape index (κ2) is 9.23. The number of rotatable bonds is 6. The first-order chi connectivity index (χ1) is 15.9. The van der Waals surface area contributed by atoms with Gasteiger partial charge < -0.3 is 4.57 Å². The minimum absolute atomic E-state index is 0.0786. The lowest BCUT2D eigenvalue weighted by Crippen LogP contribution is -2.04. The van der Waals surface area contributed by atoms with Crippen molar-refractivity contribution in [3.8, 4) is 6.07 Å². The summed E-state index contributed by atoms with van der Waals surface area (Å²) in [5.74, 6) is -0.551. The van der Waals surface area contributed by atoms with Crippen molar-refractivity contribution in [3.63, 3.8) is 0 Å². The molecule has 3 aromatic carbocycles. The SMILES string of the molecule is Cc1c(/C=C(\C#N)C(=O)c2cccc([N+](=O)[O-])c2)c2ccccc2n1Cc1ccc(Br)cc1. The largest absolute Gasteiger partial charge is 0.340 e. The highest BCUT2D eigenvalue weighted by molar-refractivity contribution is 9.10. The number of aromatic nitrogens is 1. The number of non-ortho nitro benzene ring substituents is 1. The number of halogens is 1. The second-order valence-corrected chi connectivity index (χ2v) is 8.45. The van der Waals surface area contributed by atoms with E-state index in [1.54, 1.807) is 6.08 Å². The van der Waals surface area contributed by atoms with Crippen LogP contribution in [0.5, 0.6) is 0 Å². The van der Waals surface area contributed by atoms with Gasteiger partial charge in [0.05, 0.1) is 4.92 Å². The summed E-state index contributed by atoms with van der Waals surface area (Å²) >= 11 is 3.45. The van der Waals surface area contributed by atoms with Crippen LogP contribution in [0.1, 0.15) is 27.2 Å². The zero-order valence-corrected chi connectivity index (χ0v) is 19.2. The van der Waals surface area contributed by atoms with Crippen LogP contribution in [-0.4, -0.2) is 15.3 Å². The third kappa shape index (κ3) is 4.47. The van der Waals surface area contributed by atoms with Crippen LogP contribution in [-0.2, 0) is 6.54 Å². The molecule has 0 radical (unpaired) electrons. The summed E-state index contributed by atoms with van der Waals surface area (Å²) in [4.78, 5) is 23.5. The molecule has 4 aromatic rings. The van der Waals surface area contributed by atoms with E-state index in [0.717, 1.165) is 32.2 Å². The number of fused-ring (bicyclic) bond motifs is 1. The highest BCUT2D eigenvalue weighted by Gasteiger charge is 2.19. The molecule has 0 amide bonds. The summed E-state index contributed by atoms with van der Waals surface area (Å²) in [6, 6.07) is 23.3. The number of carbonyl (C=O) groups excluding carboxylic acids is 1. The lowest BCUT2D eigenvalue weighted by molar-refractivity contribution is -0.384. The number of hydrogen-bond donors (Lipinski definition) is 0. The molecule has 0 fully saturated rings. The van der Waals surface area contributed by atoms with Crippen LogP contribution in [0.25, 0.3) is 17.0 Å². The number of hydrogen-bond acceptors (Lipinski definition) is 4. The number of Topliss-reactive ketones (excluding diaryl/α,β-unsaturated/α-hetero) is 1. The quantitative estimate of drug-likeness (QED) is 0.1000. The number of nitro benzene ring substituents is 1. The van der Waals surface area contributed by atoms with Crippen molar-refractivity contribution >= 4 is 44.4 Å². The Balaban J connectivity index is 1.80. The van der Waals surface area contributed by atoms with Gasteiger partial charge in [-0.1, -0.05) is 58.4 Å². The predicted octanol–water partition coefficient (Wildman–Crippen LogP) is 6.46. The zero-order valence-electron chi connectivity index (χ0n) is 17.7. The maximum atomic E-state index is 13.0. The number of nitro groups is 1. The van der Waals surface area contributed by atoms with E-state index in [1.165, 1.54) is 24.3 Å². The van der Waals surface area contributed by atoms with Gasteiger partial charge in [-0.2, -0.15) is 5.26 Å². The van der Waals surface area contributed by atoms with E-state index in [0.29, 0.717) is 6.54 Å². The van der Waals surface area contributed by atoms with Crippen LogP contribution >= 0.6 is 15.9 Å². The minimum atomic E-state index is -0.563. The van der Waals surface area contributed by atoms with E-state index < -0.39 is 10.7 Å². The van der Waals surface area contributed by atoms with Crippen molar-refractivity contribution in [1.29, 1.82) is 5.26 Å². The smallest absolute Gasteiger partial charge is 0.270 e. The van der Waals surface area contributed by atoms with Gasteiger partial charge in [0.15, 0.2) is 0 Å². The molecule has 33 heavy (non-hydrogen) atoms. The maximum Gasteiger partial charge on any atom is 0.270 e. The fraction of sp³-hybridized carbons (Fsp3) is 0.0769. The zero-order chi connectivity index (χ0) is 23.5. The summed E-state index contributed by atoms with van der Waals surface area (Å²) in [5.41, 5.74) is 3.63. The monoisotopic (exact) mass is 499 g/mol. The summed E-state index contributed by atoms with van der Waals surface area (Å²) in [6.45, 7) is 2.59. The topological polar surface area (TPSA) is 88.9 Å². The Morgan fingerprint density at radius 2 is 1.85 bits per heavy atom. The van der Waals surface area contributed by atoms with Crippen LogP contribution in [0.2, 0.25) is 0 Å². The van der Waals surface area contributed by atoms with Crippen LogP contribution in [0.15, 0.2) is 82.8 Å². The first-order valence-electron chi connectivity index (χ1n) is 10.1. The molecule has 1 heterocycles. The number of allylic oxidation sites excluding steroid dienone is 1. The van der Waals surface area contributed by atoms with Gasteiger partial charge in [-0.15, -0.1) is 0 Å². The van der Waals surface area contributed by atoms with Gasteiger partial charge in [0, 0.05) is 50.9 Å². The molecule has 162 valence electrons. The van der Waals surface area contributed by atoms with Crippen LogP contribution in [0.4, 0.5) is 5.69 Å². The Morgan fingerprint density at radius 1 is 1.12 bits per heavy atom. The second-order valence-electron chi connectivity index (χ2n) is 7.54. The standard InChI is InChI=1S/C26H18BrN3O3/c1-17-24(14-20(15-28)26(31)19-5-4-6-22(13-19)30(32)33)23-7-2-3-8-25(23)29(17)16-18-9-11-21(27)12-10-18/h2-14H,16H2,1H3/b20-14+. The molecule has 0 N–H and O–H groups in total. The Hall–Kier alpha value is -4.02. The average Bonchev–Trinajstić information content (AvgIpc) is 3.09. The molecule has 0 saturated heterocycles. The highest BCUT2D eigenvalue weighted by Crippen LogP contribution is 2.30. The first-order valence-corrected chi connectivity index (χ1v) is 10.9. The fourth-order valence-electron chi connectivity index (χ4n) is 3.83. The van der Waals surface area contributed by atoms with Crippen molar-refractivity contribution in [2.24, 2.45) is 0 Å². The summed E-state index contributed by atoms with van der Waals surface area (Å²) in [6.07, 6.45) is 1.58. The molecular formula is C26H18BrN3O3. The van der Waals surface area contributed by atoms with Gasteiger partial charge in [0.2, 0.25) is 5.78 Å². The number of benzene rings is 3. The molecule has 7 heteroatoms. The number of para-hydroxylation sites is 1. The number of carbonyl (C=O) groups is 1. The number of nitrogens with zero attached hydrogens (tertiary/aromatic N) is 3. The van der Waals surface area contributed by atoms with Crippen molar-refractivity contribution in [3.05, 3.63) is 115 Å².